The average molecular weight is 169 g/mol. The normalized spacial score (nSPS) is 15.7. The molecule has 0 saturated heterocycles. The number of nitrogens with two attached hydrogens (primary N) is 1. The molecule has 0 fully saturated rings. The fourth-order valence-corrected chi connectivity index (χ4v) is 0.775. The van der Waals surface area contributed by atoms with Crippen LogP contribution in [-0.4, -0.2) is 5.54 Å². The van der Waals surface area contributed by atoms with Gasteiger partial charge in [0.2, 0.25) is 0 Å². The maximum atomic E-state index is 5.83. The zero-order valence-corrected chi connectivity index (χ0v) is 9.15. The zero-order valence-electron chi connectivity index (χ0n) is 9.15. The van der Waals surface area contributed by atoms with Crippen LogP contribution in [0.15, 0.2) is 24.3 Å². The Morgan fingerprint density at radius 1 is 1.50 bits per heavy atom. The Hall–Kier alpha value is -0.560. The molecule has 0 aliphatic carbocycles. The molecule has 72 valence electrons. The molecule has 0 aromatic heterocycles. The molecule has 1 atom stereocenters. The van der Waals surface area contributed by atoms with Gasteiger partial charge in [0.15, 0.2) is 0 Å². The van der Waals surface area contributed by atoms with Gasteiger partial charge < -0.3 is 5.73 Å². The summed E-state index contributed by atoms with van der Waals surface area (Å²) < 4.78 is 0. The Labute approximate surface area is 77.4 Å². The van der Waals surface area contributed by atoms with E-state index in [0.29, 0.717) is 0 Å². The highest BCUT2D eigenvalue weighted by molar-refractivity contribution is 5.08. The highest BCUT2D eigenvalue weighted by atomic mass is 14.7. The first-order valence-electron chi connectivity index (χ1n) is 4.56. The molecule has 0 heterocycles. The first kappa shape index (κ1) is 14.0. The molecule has 0 radical (unpaired) electrons. The lowest BCUT2D eigenvalue weighted by Crippen LogP contribution is -2.33. The molecular formula is C11H23N. The van der Waals surface area contributed by atoms with E-state index in [-0.39, 0.29) is 5.54 Å². The van der Waals surface area contributed by atoms with E-state index in [1.165, 1.54) is 5.57 Å². The number of rotatable bonds is 3. The predicted octanol–water partition coefficient (Wildman–Crippen LogP) is 3.27. The molecule has 12 heavy (non-hydrogen) atoms. The van der Waals surface area contributed by atoms with Crippen molar-refractivity contribution >= 4 is 0 Å². The van der Waals surface area contributed by atoms with E-state index in [0.717, 1.165) is 6.42 Å². The molecule has 0 aliphatic rings. The number of hydrogen-bond acceptors (Lipinski definition) is 1. The summed E-state index contributed by atoms with van der Waals surface area (Å²) in [5.74, 6) is 0. The van der Waals surface area contributed by atoms with Gasteiger partial charge in [0, 0.05) is 5.54 Å². The van der Waals surface area contributed by atoms with Gasteiger partial charge in [-0.1, -0.05) is 31.6 Å². The summed E-state index contributed by atoms with van der Waals surface area (Å²) >= 11 is 0. The van der Waals surface area contributed by atoms with E-state index in [2.05, 4.69) is 19.6 Å². The van der Waals surface area contributed by atoms with E-state index in [1.807, 2.05) is 27.7 Å². The third-order valence-corrected chi connectivity index (χ3v) is 1.62. The van der Waals surface area contributed by atoms with Gasteiger partial charge >= 0.3 is 0 Å². The first-order chi connectivity index (χ1) is 5.52. The largest absolute Gasteiger partial charge is 0.322 e. The first-order valence-corrected chi connectivity index (χ1v) is 4.56. The van der Waals surface area contributed by atoms with Gasteiger partial charge in [-0.3, -0.25) is 0 Å². The molecule has 0 aliphatic heterocycles. The van der Waals surface area contributed by atoms with Crippen LogP contribution < -0.4 is 5.73 Å². The molecule has 0 bridgehead atoms. The summed E-state index contributed by atoms with van der Waals surface area (Å²) in [6, 6.07) is 0. The van der Waals surface area contributed by atoms with Gasteiger partial charge in [-0.15, -0.1) is 6.58 Å². The summed E-state index contributed by atoms with van der Waals surface area (Å²) in [6.45, 7) is 13.7. The maximum absolute atomic E-state index is 5.83. The topological polar surface area (TPSA) is 26.0 Å². The molecule has 0 amide bonds. The Morgan fingerprint density at radius 3 is 2.17 bits per heavy atom. The van der Waals surface area contributed by atoms with Crippen molar-refractivity contribution in [2.45, 2.75) is 46.6 Å². The van der Waals surface area contributed by atoms with Crippen LogP contribution in [0.1, 0.15) is 41.0 Å². The standard InChI is InChI=1S/C9H17N.C2H6/c1-5-8(3)7-9(4,10)6-2;1-2/h5-6H,2,7,10H2,1,3-4H3;1-2H3/b8-5-;/t9-;/m1./s1. The molecule has 0 unspecified atom stereocenters. The van der Waals surface area contributed by atoms with Crippen LogP contribution >= 0.6 is 0 Å². The van der Waals surface area contributed by atoms with Crippen molar-refractivity contribution in [3.05, 3.63) is 24.3 Å². The molecular weight excluding hydrogens is 146 g/mol. The van der Waals surface area contributed by atoms with E-state index in [1.54, 1.807) is 6.08 Å². The van der Waals surface area contributed by atoms with Crippen LogP contribution in [0.2, 0.25) is 0 Å². The molecule has 1 nitrogen and oxygen atoms in total. The van der Waals surface area contributed by atoms with Crippen molar-refractivity contribution in [1.82, 2.24) is 0 Å². The Kier molecular flexibility index (Phi) is 8.29. The predicted molar refractivity (Wildman–Crippen MR) is 58.2 cm³/mol. The van der Waals surface area contributed by atoms with Gasteiger partial charge in [-0.05, 0) is 27.2 Å². The third kappa shape index (κ3) is 7.55. The molecule has 0 aromatic carbocycles. The summed E-state index contributed by atoms with van der Waals surface area (Å²) in [5, 5.41) is 0. The zero-order chi connectivity index (χ0) is 10.2. The molecule has 2 N–H and O–H groups in total. The molecule has 0 spiro atoms. The van der Waals surface area contributed by atoms with Crippen LogP contribution in [0.3, 0.4) is 0 Å². The Bertz CT molecular complexity index is 143. The van der Waals surface area contributed by atoms with Crippen LogP contribution in [-0.2, 0) is 0 Å². The molecule has 0 rings (SSSR count). The SMILES string of the molecule is C=C[C@@](C)(N)C/C(C)=C\C.CC. The second-order valence-electron chi connectivity index (χ2n) is 3.02. The minimum absolute atomic E-state index is 0.239. The van der Waals surface area contributed by atoms with Gasteiger partial charge in [0.1, 0.15) is 0 Å². The van der Waals surface area contributed by atoms with Gasteiger partial charge in [0.05, 0.1) is 0 Å². The molecule has 1 heteroatoms. The maximum Gasteiger partial charge on any atom is 0.0345 e. The summed E-state index contributed by atoms with van der Waals surface area (Å²) in [7, 11) is 0. The van der Waals surface area contributed by atoms with Crippen LogP contribution in [0, 0.1) is 0 Å². The Morgan fingerprint density at radius 2 is 1.92 bits per heavy atom. The summed E-state index contributed by atoms with van der Waals surface area (Å²) in [4.78, 5) is 0. The van der Waals surface area contributed by atoms with Crippen molar-refractivity contribution in [3.63, 3.8) is 0 Å². The van der Waals surface area contributed by atoms with E-state index in [9.17, 15) is 0 Å². The average Bonchev–Trinajstić information content (AvgIpc) is 2.07. The lowest BCUT2D eigenvalue weighted by molar-refractivity contribution is 0.579. The molecule has 0 saturated carbocycles. The van der Waals surface area contributed by atoms with Crippen molar-refractivity contribution in [1.29, 1.82) is 0 Å². The second kappa shape index (κ2) is 7.11. The fraction of sp³-hybridized carbons (Fsp3) is 0.636. The van der Waals surface area contributed by atoms with E-state index in [4.69, 9.17) is 5.73 Å². The summed E-state index contributed by atoms with van der Waals surface area (Å²) in [6.07, 6.45) is 4.77. The van der Waals surface area contributed by atoms with Crippen molar-refractivity contribution in [2.24, 2.45) is 5.73 Å². The highest BCUT2D eigenvalue weighted by Crippen LogP contribution is 2.13. The Balaban J connectivity index is 0. The smallest absolute Gasteiger partial charge is 0.0345 e. The second-order valence-corrected chi connectivity index (χ2v) is 3.02. The van der Waals surface area contributed by atoms with Crippen LogP contribution in [0.5, 0.6) is 0 Å². The van der Waals surface area contributed by atoms with Gasteiger partial charge in [0.25, 0.3) is 0 Å². The van der Waals surface area contributed by atoms with Crippen molar-refractivity contribution in [2.75, 3.05) is 0 Å². The third-order valence-electron chi connectivity index (χ3n) is 1.62. The number of hydrogen-bond donors (Lipinski definition) is 1. The quantitative estimate of drug-likeness (QED) is 0.645. The van der Waals surface area contributed by atoms with Crippen molar-refractivity contribution < 1.29 is 0 Å². The summed E-state index contributed by atoms with van der Waals surface area (Å²) in [5.41, 5.74) is 6.90. The molecule has 0 aromatic rings. The minimum Gasteiger partial charge on any atom is -0.322 e. The van der Waals surface area contributed by atoms with Crippen LogP contribution in [0.25, 0.3) is 0 Å². The van der Waals surface area contributed by atoms with Gasteiger partial charge in [-0.25, -0.2) is 0 Å². The number of allylic oxidation sites excluding steroid dienone is 1. The highest BCUT2D eigenvalue weighted by Gasteiger charge is 2.12. The van der Waals surface area contributed by atoms with Crippen molar-refractivity contribution in [3.8, 4) is 0 Å². The monoisotopic (exact) mass is 169 g/mol. The fourth-order valence-electron chi connectivity index (χ4n) is 0.775. The minimum atomic E-state index is -0.239. The van der Waals surface area contributed by atoms with Crippen LogP contribution in [0.4, 0.5) is 0 Å². The van der Waals surface area contributed by atoms with E-state index < -0.39 is 0 Å². The van der Waals surface area contributed by atoms with E-state index >= 15 is 0 Å². The lowest BCUT2D eigenvalue weighted by atomic mass is 9.95. The lowest BCUT2D eigenvalue weighted by Gasteiger charge is -2.19. The van der Waals surface area contributed by atoms with Gasteiger partial charge in [-0.2, -0.15) is 0 Å².